The van der Waals surface area contributed by atoms with Crippen LogP contribution in [0.5, 0.6) is 0 Å². The highest BCUT2D eigenvalue weighted by atomic mass is 16.5. The van der Waals surface area contributed by atoms with Gasteiger partial charge in [-0.2, -0.15) is 0 Å². The Morgan fingerprint density at radius 1 is 1.86 bits per heavy atom. The Hall–Kier alpha value is -0.990. The highest BCUT2D eigenvalue weighted by Gasteiger charge is 1.80. The standard InChI is InChI=1S/C4H7NO2/c1-4(6)7-3-2-5/h2-3H,5H2,1H3. The first kappa shape index (κ1) is 6.01. The molecule has 0 saturated heterocycles. The molecule has 0 atom stereocenters. The van der Waals surface area contributed by atoms with Gasteiger partial charge in [-0.25, -0.2) is 0 Å². The second kappa shape index (κ2) is 3.21. The maximum absolute atomic E-state index is 9.87. The molecule has 0 spiro atoms. The number of ether oxygens (including phenoxy) is 1. The van der Waals surface area contributed by atoms with Crippen molar-refractivity contribution in [2.75, 3.05) is 0 Å². The first-order chi connectivity index (χ1) is 3.27. The Morgan fingerprint density at radius 3 is 2.57 bits per heavy atom. The van der Waals surface area contributed by atoms with Crippen LogP contribution < -0.4 is 5.73 Å². The van der Waals surface area contributed by atoms with Gasteiger partial charge in [-0.3, -0.25) is 4.79 Å². The zero-order chi connectivity index (χ0) is 5.70. The minimum Gasteiger partial charge on any atom is -0.433 e. The van der Waals surface area contributed by atoms with Crippen LogP contribution in [0.2, 0.25) is 0 Å². The molecule has 0 fully saturated rings. The van der Waals surface area contributed by atoms with Crippen LogP contribution in [0.25, 0.3) is 0 Å². The van der Waals surface area contributed by atoms with Gasteiger partial charge in [0, 0.05) is 13.1 Å². The van der Waals surface area contributed by atoms with E-state index < -0.39 is 0 Å². The zero-order valence-corrected chi connectivity index (χ0v) is 4.05. The molecule has 0 amide bonds. The quantitative estimate of drug-likeness (QED) is 0.373. The van der Waals surface area contributed by atoms with Crippen molar-refractivity contribution in [3.05, 3.63) is 12.5 Å². The van der Waals surface area contributed by atoms with Crippen LogP contribution in [0.15, 0.2) is 12.5 Å². The lowest BCUT2D eigenvalue weighted by atomic mass is 10.8. The van der Waals surface area contributed by atoms with Crippen molar-refractivity contribution in [3.8, 4) is 0 Å². The van der Waals surface area contributed by atoms with Gasteiger partial charge in [0.05, 0.1) is 0 Å². The topological polar surface area (TPSA) is 52.3 Å². The smallest absolute Gasteiger partial charge is 0.307 e. The van der Waals surface area contributed by atoms with Crippen molar-refractivity contribution in [1.82, 2.24) is 0 Å². The first-order valence-electron chi connectivity index (χ1n) is 1.81. The summed E-state index contributed by atoms with van der Waals surface area (Å²) in [7, 11) is 0. The zero-order valence-electron chi connectivity index (χ0n) is 4.05. The van der Waals surface area contributed by atoms with Crippen LogP contribution in [-0.2, 0) is 9.53 Å². The molecule has 3 heteroatoms. The Labute approximate surface area is 41.8 Å². The second-order valence-corrected chi connectivity index (χ2v) is 0.938. The summed E-state index contributed by atoms with van der Waals surface area (Å²) in [5.41, 5.74) is 4.82. The number of carbonyl (C=O) groups excluding carboxylic acids is 1. The molecule has 0 saturated carbocycles. The fraction of sp³-hybridized carbons (Fsp3) is 0.250. The van der Waals surface area contributed by atoms with Gasteiger partial charge in [0.25, 0.3) is 0 Å². The molecule has 0 rings (SSSR count). The largest absolute Gasteiger partial charge is 0.433 e. The Morgan fingerprint density at radius 2 is 2.43 bits per heavy atom. The van der Waals surface area contributed by atoms with E-state index in [1.165, 1.54) is 6.92 Å². The second-order valence-electron chi connectivity index (χ2n) is 0.938. The number of nitrogens with two attached hydrogens (primary N) is 1. The Balaban J connectivity index is 3.14. The number of esters is 1. The minimum atomic E-state index is -0.360. The highest BCUT2D eigenvalue weighted by Crippen LogP contribution is 1.72. The molecule has 0 aromatic rings. The normalized spacial score (nSPS) is 9.29. The Bertz CT molecular complexity index is 87.7. The van der Waals surface area contributed by atoms with Crippen LogP contribution in [0, 0.1) is 0 Å². The fourth-order valence-electron chi connectivity index (χ4n) is 0.135. The highest BCUT2D eigenvalue weighted by molar-refractivity contribution is 5.66. The average Bonchev–Trinajstić information content (AvgIpc) is 1.61. The van der Waals surface area contributed by atoms with Crippen LogP contribution >= 0.6 is 0 Å². The van der Waals surface area contributed by atoms with E-state index in [1.54, 1.807) is 0 Å². The van der Waals surface area contributed by atoms with Crippen LogP contribution in [-0.4, -0.2) is 5.97 Å². The summed E-state index contributed by atoms with van der Waals surface area (Å²) in [5, 5.41) is 0. The third kappa shape index (κ3) is 5.01. The van der Waals surface area contributed by atoms with Crippen molar-refractivity contribution in [3.63, 3.8) is 0 Å². The van der Waals surface area contributed by atoms with E-state index in [-0.39, 0.29) is 5.97 Å². The van der Waals surface area contributed by atoms with Gasteiger partial charge in [0.15, 0.2) is 0 Å². The molecule has 0 aliphatic heterocycles. The van der Waals surface area contributed by atoms with E-state index in [9.17, 15) is 4.79 Å². The molecule has 7 heavy (non-hydrogen) atoms. The van der Waals surface area contributed by atoms with Crippen molar-refractivity contribution in [1.29, 1.82) is 0 Å². The number of hydrogen-bond acceptors (Lipinski definition) is 3. The molecule has 0 bridgehead atoms. The molecule has 0 unspecified atom stereocenters. The lowest BCUT2D eigenvalue weighted by molar-refractivity contribution is -0.135. The average molecular weight is 101 g/mol. The van der Waals surface area contributed by atoms with E-state index >= 15 is 0 Å². The van der Waals surface area contributed by atoms with Crippen LogP contribution in [0.3, 0.4) is 0 Å². The lowest BCUT2D eigenvalue weighted by Gasteiger charge is -1.85. The van der Waals surface area contributed by atoms with E-state index in [2.05, 4.69) is 4.74 Å². The van der Waals surface area contributed by atoms with Gasteiger partial charge in [-0.05, 0) is 0 Å². The lowest BCUT2D eigenvalue weighted by Crippen LogP contribution is -1.90. The van der Waals surface area contributed by atoms with Crippen molar-refractivity contribution in [2.24, 2.45) is 5.73 Å². The molecule has 0 aliphatic carbocycles. The molecular weight excluding hydrogens is 94.0 g/mol. The van der Waals surface area contributed by atoms with Crippen LogP contribution in [0.1, 0.15) is 6.92 Å². The summed E-state index contributed by atoms with van der Waals surface area (Å²) in [6, 6.07) is 0. The van der Waals surface area contributed by atoms with Gasteiger partial charge >= 0.3 is 5.97 Å². The number of hydrogen-bond donors (Lipinski definition) is 1. The summed E-state index contributed by atoms with van der Waals surface area (Å²) < 4.78 is 4.25. The van der Waals surface area contributed by atoms with E-state index in [4.69, 9.17) is 5.73 Å². The fourth-order valence-corrected chi connectivity index (χ4v) is 0.135. The van der Waals surface area contributed by atoms with E-state index in [1.807, 2.05) is 0 Å². The third-order valence-electron chi connectivity index (χ3n) is 0.313. The van der Waals surface area contributed by atoms with Crippen molar-refractivity contribution >= 4 is 5.97 Å². The summed E-state index contributed by atoms with van der Waals surface area (Å²) in [6.45, 7) is 1.31. The summed E-state index contributed by atoms with van der Waals surface area (Å²) >= 11 is 0. The third-order valence-corrected chi connectivity index (χ3v) is 0.313. The van der Waals surface area contributed by atoms with Gasteiger partial charge in [-0.15, -0.1) is 0 Å². The number of rotatable bonds is 1. The van der Waals surface area contributed by atoms with E-state index in [0.717, 1.165) is 12.5 Å². The van der Waals surface area contributed by atoms with Crippen molar-refractivity contribution in [2.45, 2.75) is 6.92 Å². The minimum absolute atomic E-state index is 0.360. The molecule has 0 aromatic carbocycles. The van der Waals surface area contributed by atoms with Gasteiger partial charge in [0.1, 0.15) is 6.26 Å². The summed E-state index contributed by atoms with van der Waals surface area (Å²) in [5.74, 6) is -0.360. The summed E-state index contributed by atoms with van der Waals surface area (Å²) in [4.78, 5) is 9.87. The van der Waals surface area contributed by atoms with Gasteiger partial charge < -0.3 is 10.5 Å². The van der Waals surface area contributed by atoms with Crippen molar-refractivity contribution < 1.29 is 9.53 Å². The molecule has 0 aliphatic rings. The Kier molecular flexibility index (Phi) is 2.76. The maximum Gasteiger partial charge on any atom is 0.307 e. The van der Waals surface area contributed by atoms with Crippen LogP contribution in [0.4, 0.5) is 0 Å². The SMILES string of the molecule is CC(=O)OC=CN. The van der Waals surface area contributed by atoms with Gasteiger partial charge in [0.2, 0.25) is 0 Å². The monoisotopic (exact) mass is 101 g/mol. The molecule has 0 aromatic heterocycles. The van der Waals surface area contributed by atoms with Gasteiger partial charge in [-0.1, -0.05) is 0 Å². The predicted molar refractivity (Wildman–Crippen MR) is 25.1 cm³/mol. The molecule has 0 heterocycles. The number of carbonyl (C=O) groups is 1. The maximum atomic E-state index is 9.87. The molecule has 0 radical (unpaired) electrons. The molecule has 3 nitrogen and oxygen atoms in total. The first-order valence-corrected chi connectivity index (χ1v) is 1.81. The molecular formula is C4H7NO2. The predicted octanol–water partition coefficient (Wildman–Crippen LogP) is -0.0206. The molecule has 40 valence electrons. The molecule has 2 N–H and O–H groups in total. The van der Waals surface area contributed by atoms with E-state index in [0.29, 0.717) is 0 Å². The summed E-state index contributed by atoms with van der Waals surface area (Å²) in [6.07, 6.45) is 2.28.